The second-order valence-electron chi connectivity index (χ2n) is 10.1. The molecule has 2 saturated carbocycles. The van der Waals surface area contributed by atoms with E-state index in [0.717, 1.165) is 51.4 Å². The largest absolute Gasteiger partial charge is 0.425 e. The molecular weight excluding hydrogens is 464 g/mol. The van der Waals surface area contributed by atoms with Crippen molar-refractivity contribution < 1.29 is 28.7 Å². The van der Waals surface area contributed by atoms with Gasteiger partial charge in [-0.15, -0.1) is 0 Å². The molecule has 2 aliphatic carbocycles. The molecule has 2 heterocycles. The molecule has 194 valence electrons. The molecule has 2 aromatic rings. The highest BCUT2D eigenvalue weighted by atomic mass is 16.6. The van der Waals surface area contributed by atoms with Crippen molar-refractivity contribution in [2.24, 2.45) is 23.7 Å². The number of nitrogens with zero attached hydrogens (tertiary/aromatic N) is 4. The minimum atomic E-state index is -1.29. The first-order valence-electron chi connectivity index (χ1n) is 12.8. The van der Waals surface area contributed by atoms with Gasteiger partial charge in [-0.1, -0.05) is 52.4 Å². The van der Waals surface area contributed by atoms with Gasteiger partial charge < -0.3 is 9.47 Å². The van der Waals surface area contributed by atoms with Crippen LogP contribution in [0.5, 0.6) is 12.0 Å². The van der Waals surface area contributed by atoms with Crippen LogP contribution in [0.2, 0.25) is 0 Å². The molecule has 0 bridgehead atoms. The SMILES string of the molecule is CC1CCCCC1C(=O)Cn1ccnc1OC(=O)C(=O)Oc1nccn1CC(=O)C1CCCCC1C. The third kappa shape index (κ3) is 6.09. The van der Waals surface area contributed by atoms with E-state index in [-0.39, 0.29) is 48.5 Å². The molecule has 0 radical (unpaired) electrons. The van der Waals surface area contributed by atoms with Gasteiger partial charge in [0.2, 0.25) is 0 Å². The van der Waals surface area contributed by atoms with Gasteiger partial charge in [-0.2, -0.15) is 0 Å². The molecule has 0 amide bonds. The van der Waals surface area contributed by atoms with Crippen LogP contribution >= 0.6 is 0 Å². The fraction of sp³-hybridized carbons (Fsp3) is 0.615. The first kappa shape index (κ1) is 25.8. The molecule has 0 aromatic carbocycles. The van der Waals surface area contributed by atoms with E-state index in [1.165, 1.54) is 33.9 Å². The van der Waals surface area contributed by atoms with Crippen molar-refractivity contribution >= 4 is 23.5 Å². The molecule has 4 rings (SSSR count). The summed E-state index contributed by atoms with van der Waals surface area (Å²) >= 11 is 0. The second kappa shape index (κ2) is 11.6. The van der Waals surface area contributed by atoms with Crippen molar-refractivity contribution in [2.75, 3.05) is 0 Å². The lowest BCUT2D eigenvalue weighted by molar-refractivity contribution is -0.157. The normalized spacial score (nSPS) is 24.2. The molecule has 2 aromatic heterocycles. The van der Waals surface area contributed by atoms with Gasteiger partial charge in [0.25, 0.3) is 0 Å². The van der Waals surface area contributed by atoms with Gasteiger partial charge in [0.15, 0.2) is 11.6 Å². The maximum Gasteiger partial charge on any atom is 0.425 e. The zero-order valence-corrected chi connectivity index (χ0v) is 20.9. The van der Waals surface area contributed by atoms with E-state index in [0.29, 0.717) is 11.8 Å². The monoisotopic (exact) mass is 498 g/mol. The van der Waals surface area contributed by atoms with Gasteiger partial charge in [-0.25, -0.2) is 19.6 Å². The van der Waals surface area contributed by atoms with Gasteiger partial charge in [-0.3, -0.25) is 18.7 Å². The molecule has 10 heteroatoms. The number of hydrogen-bond donors (Lipinski definition) is 0. The molecular formula is C26H34N4O6. The Balaban J connectivity index is 1.33. The molecule has 4 unspecified atom stereocenters. The first-order chi connectivity index (χ1) is 17.3. The number of Topliss-reactive ketones (excluding diaryl/α,β-unsaturated/α-hetero) is 2. The predicted molar refractivity (Wildman–Crippen MR) is 128 cm³/mol. The zero-order valence-electron chi connectivity index (χ0n) is 20.9. The average Bonchev–Trinajstić information content (AvgIpc) is 3.48. The highest BCUT2D eigenvalue weighted by Gasteiger charge is 2.30. The van der Waals surface area contributed by atoms with E-state index < -0.39 is 11.9 Å². The van der Waals surface area contributed by atoms with Crippen molar-refractivity contribution in [3.8, 4) is 12.0 Å². The summed E-state index contributed by atoms with van der Waals surface area (Å²) in [6.45, 7) is 4.19. The summed E-state index contributed by atoms with van der Waals surface area (Å²) in [6, 6.07) is -0.308. The lowest BCUT2D eigenvalue weighted by Crippen LogP contribution is -2.31. The standard InChI is InChI=1S/C26H34N4O6/c1-17-7-3-5-9-19(17)21(31)15-29-13-11-27-25(29)35-23(33)24(34)36-26-28-12-14-30(26)16-22(32)20-10-6-4-8-18(20)2/h11-14,17-20H,3-10,15-16H2,1-2H3. The average molecular weight is 499 g/mol. The summed E-state index contributed by atoms with van der Waals surface area (Å²) in [7, 11) is 0. The third-order valence-corrected chi connectivity index (χ3v) is 7.59. The fourth-order valence-electron chi connectivity index (χ4n) is 5.45. The number of imidazole rings is 2. The lowest BCUT2D eigenvalue weighted by Gasteiger charge is -2.27. The molecule has 0 N–H and O–H groups in total. The van der Waals surface area contributed by atoms with Crippen LogP contribution in [-0.2, 0) is 32.3 Å². The summed E-state index contributed by atoms with van der Waals surface area (Å²) in [4.78, 5) is 58.4. The smallest absolute Gasteiger partial charge is 0.383 e. The summed E-state index contributed by atoms with van der Waals surface area (Å²) in [5.74, 6) is -1.91. The minimum Gasteiger partial charge on any atom is -0.383 e. The van der Waals surface area contributed by atoms with Crippen molar-refractivity contribution in [2.45, 2.75) is 78.3 Å². The van der Waals surface area contributed by atoms with Crippen LogP contribution in [0, 0.1) is 23.7 Å². The number of hydrogen-bond acceptors (Lipinski definition) is 8. The highest BCUT2D eigenvalue weighted by Crippen LogP contribution is 2.32. The first-order valence-corrected chi connectivity index (χ1v) is 12.8. The van der Waals surface area contributed by atoms with Crippen LogP contribution in [0.1, 0.15) is 65.2 Å². The summed E-state index contributed by atoms with van der Waals surface area (Å²) < 4.78 is 13.1. The van der Waals surface area contributed by atoms with Gasteiger partial charge in [0, 0.05) is 36.6 Å². The van der Waals surface area contributed by atoms with Gasteiger partial charge in [0.05, 0.1) is 13.1 Å². The second-order valence-corrected chi connectivity index (χ2v) is 10.1. The van der Waals surface area contributed by atoms with Crippen molar-refractivity contribution in [1.82, 2.24) is 19.1 Å². The quantitative estimate of drug-likeness (QED) is 0.401. The number of carbonyl (C=O) groups excluding carboxylic acids is 4. The van der Waals surface area contributed by atoms with E-state index in [4.69, 9.17) is 9.47 Å². The summed E-state index contributed by atoms with van der Waals surface area (Å²) in [5, 5.41) is 0. The maximum atomic E-state index is 12.8. The molecule has 4 atom stereocenters. The van der Waals surface area contributed by atoms with Crippen LogP contribution in [-0.4, -0.2) is 42.6 Å². The van der Waals surface area contributed by atoms with Crippen LogP contribution < -0.4 is 9.47 Å². The van der Waals surface area contributed by atoms with E-state index in [1.54, 1.807) is 0 Å². The van der Waals surface area contributed by atoms with Crippen LogP contribution in [0.4, 0.5) is 0 Å². The van der Waals surface area contributed by atoms with E-state index in [9.17, 15) is 19.2 Å². The molecule has 0 aliphatic heterocycles. The van der Waals surface area contributed by atoms with Gasteiger partial charge in [-0.05, 0) is 24.7 Å². The Morgan fingerprint density at radius 3 is 1.50 bits per heavy atom. The fourth-order valence-corrected chi connectivity index (χ4v) is 5.45. The molecule has 0 saturated heterocycles. The Labute approximate surface area is 210 Å². The zero-order chi connectivity index (χ0) is 25.7. The topological polar surface area (TPSA) is 122 Å². The minimum absolute atomic E-state index is 0.0127. The molecule has 36 heavy (non-hydrogen) atoms. The highest BCUT2D eigenvalue weighted by molar-refractivity contribution is 6.30. The number of esters is 2. The Morgan fingerprint density at radius 1 is 0.722 bits per heavy atom. The summed E-state index contributed by atoms with van der Waals surface area (Å²) in [6.07, 6.45) is 13.9. The number of aromatic nitrogens is 4. The number of ketones is 2. The Hall–Kier alpha value is -3.30. The third-order valence-electron chi connectivity index (χ3n) is 7.59. The van der Waals surface area contributed by atoms with Crippen molar-refractivity contribution in [1.29, 1.82) is 0 Å². The van der Waals surface area contributed by atoms with Crippen molar-refractivity contribution in [3.63, 3.8) is 0 Å². The summed E-state index contributed by atoms with van der Waals surface area (Å²) in [5.41, 5.74) is 0. The van der Waals surface area contributed by atoms with Gasteiger partial charge >= 0.3 is 24.0 Å². The molecule has 0 spiro atoms. The van der Waals surface area contributed by atoms with Crippen LogP contribution in [0.25, 0.3) is 0 Å². The number of rotatable bonds is 8. The Bertz CT molecular complexity index is 1020. The molecule has 2 aliphatic rings. The van der Waals surface area contributed by atoms with Crippen LogP contribution in [0.15, 0.2) is 24.8 Å². The van der Waals surface area contributed by atoms with E-state index in [1.807, 2.05) is 0 Å². The van der Waals surface area contributed by atoms with Gasteiger partial charge in [0.1, 0.15) is 0 Å². The number of carbonyl (C=O) groups is 4. The van der Waals surface area contributed by atoms with Crippen molar-refractivity contribution in [3.05, 3.63) is 24.8 Å². The predicted octanol–water partition coefficient (Wildman–Crippen LogP) is 3.38. The van der Waals surface area contributed by atoms with E-state index >= 15 is 0 Å². The number of ether oxygens (including phenoxy) is 2. The Morgan fingerprint density at radius 2 is 1.11 bits per heavy atom. The Kier molecular flexibility index (Phi) is 8.32. The van der Waals surface area contributed by atoms with Crippen LogP contribution in [0.3, 0.4) is 0 Å². The maximum absolute atomic E-state index is 12.8. The molecule has 10 nitrogen and oxygen atoms in total. The van der Waals surface area contributed by atoms with E-state index in [2.05, 4.69) is 23.8 Å². The lowest BCUT2D eigenvalue weighted by atomic mass is 9.78. The molecule has 2 fully saturated rings.